The van der Waals surface area contributed by atoms with Crippen molar-refractivity contribution in [3.05, 3.63) is 54.5 Å². The first-order chi connectivity index (χ1) is 9.38. The lowest BCUT2D eigenvalue weighted by atomic mass is 10.2. The van der Waals surface area contributed by atoms with Gasteiger partial charge in [-0.25, -0.2) is 4.68 Å². The van der Waals surface area contributed by atoms with Crippen molar-refractivity contribution in [1.29, 1.82) is 0 Å². The molecule has 0 radical (unpaired) electrons. The highest BCUT2D eigenvalue weighted by molar-refractivity contribution is 5.79. The summed E-state index contributed by atoms with van der Waals surface area (Å²) in [5.74, 6) is 0. The molecule has 3 aromatic rings. The number of nitrogens with one attached hydrogen (secondary N) is 1. The number of benzene rings is 1. The van der Waals surface area contributed by atoms with Gasteiger partial charge in [0.1, 0.15) is 0 Å². The molecule has 2 heterocycles. The third-order valence-corrected chi connectivity index (χ3v) is 3.08. The highest BCUT2D eigenvalue weighted by Crippen LogP contribution is 2.17. The van der Waals surface area contributed by atoms with Gasteiger partial charge in [-0.3, -0.25) is 4.98 Å². The molecule has 1 N–H and O–H groups in total. The van der Waals surface area contributed by atoms with Crippen molar-refractivity contribution >= 4 is 10.9 Å². The van der Waals surface area contributed by atoms with Gasteiger partial charge >= 0.3 is 0 Å². The molecule has 0 aliphatic heterocycles. The Balaban J connectivity index is 2.01. The van der Waals surface area contributed by atoms with E-state index in [4.69, 9.17) is 0 Å². The monoisotopic (exact) mass is 252 g/mol. The summed E-state index contributed by atoms with van der Waals surface area (Å²) < 4.78 is 1.93. The molecule has 96 valence electrons. The Bertz CT molecular complexity index is 687. The van der Waals surface area contributed by atoms with Gasteiger partial charge in [0, 0.05) is 18.1 Å². The molecule has 1 aromatic carbocycles. The van der Waals surface area contributed by atoms with Crippen molar-refractivity contribution in [1.82, 2.24) is 20.1 Å². The minimum absolute atomic E-state index is 0.830. The number of hydrogen-bond donors (Lipinski definition) is 1. The third-order valence-electron chi connectivity index (χ3n) is 3.08. The maximum absolute atomic E-state index is 4.44. The van der Waals surface area contributed by atoms with Crippen LogP contribution in [0.2, 0.25) is 0 Å². The summed E-state index contributed by atoms with van der Waals surface area (Å²) in [6, 6.07) is 10.3. The highest BCUT2D eigenvalue weighted by atomic mass is 15.3. The quantitative estimate of drug-likeness (QED) is 0.776. The van der Waals surface area contributed by atoms with E-state index in [9.17, 15) is 0 Å². The van der Waals surface area contributed by atoms with Gasteiger partial charge in [-0.1, -0.05) is 25.1 Å². The molecule has 4 nitrogen and oxygen atoms in total. The number of rotatable bonds is 4. The van der Waals surface area contributed by atoms with Crippen LogP contribution in [0.3, 0.4) is 0 Å². The van der Waals surface area contributed by atoms with Crippen LogP contribution in [0.15, 0.2) is 48.9 Å². The number of para-hydroxylation sites is 1. The molecule has 0 saturated heterocycles. The summed E-state index contributed by atoms with van der Waals surface area (Å²) in [5.41, 5.74) is 3.26. The van der Waals surface area contributed by atoms with Gasteiger partial charge in [-0.2, -0.15) is 5.10 Å². The largest absolute Gasteiger partial charge is 0.313 e. The Morgan fingerprint density at radius 1 is 1.16 bits per heavy atom. The molecule has 4 heteroatoms. The number of pyridine rings is 1. The average Bonchev–Trinajstić information content (AvgIpc) is 2.89. The number of aromatic nitrogens is 3. The van der Waals surface area contributed by atoms with Gasteiger partial charge in [0.25, 0.3) is 0 Å². The average molecular weight is 252 g/mol. The summed E-state index contributed by atoms with van der Waals surface area (Å²) in [5, 5.41) is 8.89. The molecule has 0 amide bonds. The van der Waals surface area contributed by atoms with E-state index in [0.717, 1.165) is 29.7 Å². The molecule has 0 unspecified atom stereocenters. The zero-order chi connectivity index (χ0) is 13.1. The van der Waals surface area contributed by atoms with Crippen LogP contribution in [0, 0.1) is 0 Å². The first kappa shape index (κ1) is 11.9. The summed E-state index contributed by atoms with van der Waals surface area (Å²) >= 11 is 0. The third kappa shape index (κ3) is 2.35. The van der Waals surface area contributed by atoms with Crippen LogP contribution in [-0.2, 0) is 6.54 Å². The number of fused-ring (bicyclic) bond motifs is 1. The minimum atomic E-state index is 0.830. The molecule has 2 aromatic heterocycles. The molecular formula is C15H16N4. The van der Waals surface area contributed by atoms with Gasteiger partial charge in [-0.05, 0) is 24.2 Å². The molecule has 0 atom stereocenters. The minimum Gasteiger partial charge on any atom is -0.313 e. The second-order valence-corrected chi connectivity index (χ2v) is 4.45. The van der Waals surface area contributed by atoms with Gasteiger partial charge in [0.05, 0.1) is 23.6 Å². The van der Waals surface area contributed by atoms with Crippen molar-refractivity contribution < 1.29 is 0 Å². The Hall–Kier alpha value is -2.20. The summed E-state index contributed by atoms with van der Waals surface area (Å²) in [7, 11) is 0. The molecule has 0 saturated carbocycles. The maximum Gasteiger partial charge on any atom is 0.0839 e. The molecule has 0 bridgehead atoms. The second-order valence-electron chi connectivity index (χ2n) is 4.45. The van der Waals surface area contributed by atoms with E-state index in [2.05, 4.69) is 40.5 Å². The summed E-state index contributed by atoms with van der Waals surface area (Å²) in [6.45, 7) is 3.88. The number of hydrogen-bond acceptors (Lipinski definition) is 3. The van der Waals surface area contributed by atoms with Crippen molar-refractivity contribution in [2.45, 2.75) is 13.5 Å². The van der Waals surface area contributed by atoms with E-state index < -0.39 is 0 Å². The Kier molecular flexibility index (Phi) is 3.25. The van der Waals surface area contributed by atoms with Crippen molar-refractivity contribution in [3.8, 4) is 5.69 Å². The summed E-state index contributed by atoms with van der Waals surface area (Å²) in [6.07, 6.45) is 5.61. The molecule has 0 aliphatic rings. The van der Waals surface area contributed by atoms with Gasteiger partial charge < -0.3 is 5.32 Å². The number of nitrogens with zero attached hydrogens (tertiary/aromatic N) is 3. The lowest BCUT2D eigenvalue weighted by molar-refractivity contribution is 0.723. The van der Waals surface area contributed by atoms with E-state index in [0.29, 0.717) is 0 Å². The Labute approximate surface area is 112 Å². The summed E-state index contributed by atoms with van der Waals surface area (Å²) in [4.78, 5) is 4.30. The van der Waals surface area contributed by atoms with E-state index in [1.54, 1.807) is 0 Å². The maximum atomic E-state index is 4.44. The van der Waals surface area contributed by atoms with E-state index in [1.807, 2.05) is 35.4 Å². The molecule has 0 spiro atoms. The van der Waals surface area contributed by atoms with E-state index in [-0.39, 0.29) is 0 Å². The molecule has 3 rings (SSSR count). The fraction of sp³-hybridized carbons (Fsp3) is 0.200. The predicted molar refractivity (Wildman–Crippen MR) is 76.2 cm³/mol. The van der Waals surface area contributed by atoms with Crippen LogP contribution in [0.5, 0.6) is 0 Å². The Morgan fingerprint density at radius 3 is 2.95 bits per heavy atom. The fourth-order valence-electron chi connectivity index (χ4n) is 2.13. The van der Waals surface area contributed by atoms with Crippen molar-refractivity contribution in [2.24, 2.45) is 0 Å². The lowest BCUT2D eigenvalue weighted by Gasteiger charge is -2.06. The Morgan fingerprint density at radius 2 is 2.05 bits per heavy atom. The van der Waals surface area contributed by atoms with Crippen LogP contribution in [-0.4, -0.2) is 21.3 Å². The standard InChI is InChI=1S/C15H16N4/c1-2-16-8-12-7-14(11-17-9-12)19-15-6-4-3-5-13(15)10-18-19/h3-7,9-11,16H,2,8H2,1H3. The van der Waals surface area contributed by atoms with E-state index in [1.165, 1.54) is 5.56 Å². The molecular weight excluding hydrogens is 236 g/mol. The smallest absolute Gasteiger partial charge is 0.0839 e. The van der Waals surface area contributed by atoms with Crippen LogP contribution in [0.1, 0.15) is 12.5 Å². The molecule has 0 fully saturated rings. The SMILES string of the molecule is CCNCc1cncc(-n2ncc3ccccc32)c1. The topological polar surface area (TPSA) is 42.7 Å². The fourth-order valence-corrected chi connectivity index (χ4v) is 2.13. The normalized spacial score (nSPS) is 11.0. The second kappa shape index (κ2) is 5.20. The molecule has 19 heavy (non-hydrogen) atoms. The van der Waals surface area contributed by atoms with Crippen LogP contribution in [0.4, 0.5) is 0 Å². The van der Waals surface area contributed by atoms with Crippen LogP contribution in [0.25, 0.3) is 16.6 Å². The van der Waals surface area contributed by atoms with Crippen LogP contribution >= 0.6 is 0 Å². The lowest BCUT2D eigenvalue weighted by Crippen LogP contribution is -2.12. The van der Waals surface area contributed by atoms with Gasteiger partial charge in [-0.15, -0.1) is 0 Å². The van der Waals surface area contributed by atoms with Gasteiger partial charge in [0.15, 0.2) is 0 Å². The zero-order valence-electron chi connectivity index (χ0n) is 10.9. The first-order valence-electron chi connectivity index (χ1n) is 6.46. The van der Waals surface area contributed by atoms with Crippen molar-refractivity contribution in [2.75, 3.05) is 6.54 Å². The predicted octanol–water partition coefficient (Wildman–Crippen LogP) is 2.53. The van der Waals surface area contributed by atoms with Crippen LogP contribution < -0.4 is 5.32 Å². The van der Waals surface area contributed by atoms with E-state index >= 15 is 0 Å². The van der Waals surface area contributed by atoms with Crippen molar-refractivity contribution in [3.63, 3.8) is 0 Å². The first-order valence-corrected chi connectivity index (χ1v) is 6.46. The zero-order valence-corrected chi connectivity index (χ0v) is 10.9. The van der Waals surface area contributed by atoms with Gasteiger partial charge in [0.2, 0.25) is 0 Å². The molecule has 0 aliphatic carbocycles. The highest BCUT2D eigenvalue weighted by Gasteiger charge is 2.05.